The van der Waals surface area contributed by atoms with Crippen molar-refractivity contribution < 1.29 is 0 Å². The summed E-state index contributed by atoms with van der Waals surface area (Å²) >= 11 is 13.3. The molecule has 0 fully saturated rings. The number of alkyl halides is 3. The molecular formula is C16H25Br3S. The van der Waals surface area contributed by atoms with Crippen molar-refractivity contribution in [2.75, 3.05) is 0 Å². The highest BCUT2D eigenvalue weighted by atomic mass is 79.9. The Balaban J connectivity index is 2.12. The van der Waals surface area contributed by atoms with Gasteiger partial charge in [0.1, 0.15) is 3.23 Å². The predicted molar refractivity (Wildman–Crippen MR) is 104 cm³/mol. The second kappa shape index (κ2) is 10.8. The molecule has 1 atom stereocenters. The van der Waals surface area contributed by atoms with Gasteiger partial charge >= 0.3 is 0 Å². The highest BCUT2D eigenvalue weighted by Gasteiger charge is 2.34. The molecule has 0 spiro atoms. The minimum Gasteiger partial charge on any atom is -0.146 e. The van der Waals surface area contributed by atoms with Crippen LogP contribution in [0.1, 0.15) is 69.6 Å². The van der Waals surface area contributed by atoms with E-state index in [9.17, 15) is 0 Å². The zero-order valence-corrected chi connectivity index (χ0v) is 17.8. The molecule has 0 saturated carbocycles. The van der Waals surface area contributed by atoms with Gasteiger partial charge in [-0.05, 0) is 17.9 Å². The summed E-state index contributed by atoms with van der Waals surface area (Å²) in [7, 11) is 0. The van der Waals surface area contributed by atoms with Gasteiger partial charge in [0.05, 0.1) is 0 Å². The van der Waals surface area contributed by atoms with Gasteiger partial charge in [-0.3, -0.25) is 0 Å². The monoisotopic (exact) mass is 486 g/mol. The molecule has 1 aromatic heterocycles. The second-order valence-corrected chi connectivity index (χ2v) is 11.0. The van der Waals surface area contributed by atoms with Crippen LogP contribution in [0.2, 0.25) is 0 Å². The lowest BCUT2D eigenvalue weighted by Crippen LogP contribution is -2.21. The summed E-state index contributed by atoms with van der Waals surface area (Å²) in [5.74, 6) is 0. The van der Waals surface area contributed by atoms with Crippen LogP contribution in [0.5, 0.6) is 0 Å². The van der Waals surface area contributed by atoms with Gasteiger partial charge in [0.2, 0.25) is 0 Å². The number of hydrogen-bond acceptors (Lipinski definition) is 1. The molecule has 0 aliphatic carbocycles. The highest BCUT2D eigenvalue weighted by Crippen LogP contribution is 2.48. The van der Waals surface area contributed by atoms with Crippen LogP contribution in [0.25, 0.3) is 0 Å². The summed E-state index contributed by atoms with van der Waals surface area (Å²) in [6.07, 6.45) is 12.2. The second-order valence-electron chi connectivity index (χ2n) is 5.33. The highest BCUT2D eigenvalue weighted by molar-refractivity contribution is 9.25. The molecule has 0 bridgehead atoms. The summed E-state index contributed by atoms with van der Waals surface area (Å²) < 4.78 is -0.116. The van der Waals surface area contributed by atoms with E-state index in [-0.39, 0.29) is 3.23 Å². The lowest BCUT2D eigenvalue weighted by Gasteiger charge is -2.25. The Labute approximate surface area is 153 Å². The molecule has 1 heterocycles. The minimum absolute atomic E-state index is 0.116. The first-order valence-electron chi connectivity index (χ1n) is 7.65. The fourth-order valence-corrected chi connectivity index (χ4v) is 5.03. The van der Waals surface area contributed by atoms with Gasteiger partial charge < -0.3 is 0 Å². The Morgan fingerprint density at radius 1 is 1.05 bits per heavy atom. The third-order valence-electron chi connectivity index (χ3n) is 3.55. The maximum Gasteiger partial charge on any atom is 0.127 e. The van der Waals surface area contributed by atoms with Gasteiger partial charge in [-0.1, -0.05) is 112 Å². The summed E-state index contributed by atoms with van der Waals surface area (Å²) in [4.78, 5) is 1.76. The smallest absolute Gasteiger partial charge is 0.127 e. The third-order valence-corrected chi connectivity index (χ3v) is 9.42. The molecule has 1 aromatic rings. The summed E-state index contributed by atoms with van der Waals surface area (Å²) in [6, 6.07) is 4.28. The van der Waals surface area contributed by atoms with Crippen LogP contribution >= 0.6 is 59.1 Å². The van der Waals surface area contributed by atoms with E-state index in [2.05, 4.69) is 72.2 Å². The Kier molecular flexibility index (Phi) is 10.4. The summed E-state index contributed by atoms with van der Waals surface area (Å²) in [6.45, 7) is 2.27. The topological polar surface area (TPSA) is 0 Å². The van der Waals surface area contributed by atoms with E-state index in [4.69, 9.17) is 0 Å². The molecule has 0 N–H and O–H groups in total. The zero-order chi connectivity index (χ0) is 14.8. The number of unbranched alkanes of at least 4 members (excludes halogenated alkanes) is 7. The van der Waals surface area contributed by atoms with Gasteiger partial charge in [-0.25, -0.2) is 0 Å². The predicted octanol–water partition coefficient (Wildman–Crippen LogP) is 7.99. The molecular weight excluding hydrogens is 464 g/mol. The molecule has 0 nitrogen and oxygen atoms in total. The van der Waals surface area contributed by atoms with Gasteiger partial charge in [-0.15, -0.1) is 11.3 Å². The van der Waals surface area contributed by atoms with Crippen molar-refractivity contribution in [2.45, 2.75) is 72.8 Å². The first kappa shape index (κ1) is 19.2. The number of rotatable bonds is 11. The molecule has 1 unspecified atom stereocenters. The SMILES string of the molecule is CCCCCCCCCCC(Br)C(Br)(Br)c1cccs1. The van der Waals surface area contributed by atoms with Crippen LogP contribution in [0, 0.1) is 0 Å². The lowest BCUT2D eigenvalue weighted by molar-refractivity contribution is 0.558. The van der Waals surface area contributed by atoms with Gasteiger partial charge in [0.25, 0.3) is 0 Å². The molecule has 0 aromatic carbocycles. The van der Waals surface area contributed by atoms with Crippen molar-refractivity contribution in [3.05, 3.63) is 22.4 Å². The first-order chi connectivity index (χ1) is 9.59. The Morgan fingerprint density at radius 3 is 2.20 bits per heavy atom. The van der Waals surface area contributed by atoms with Crippen LogP contribution in [-0.4, -0.2) is 4.83 Å². The Morgan fingerprint density at radius 2 is 1.65 bits per heavy atom. The quantitative estimate of drug-likeness (QED) is 0.219. The Hall–Kier alpha value is 1.14. The summed E-state index contributed by atoms with van der Waals surface area (Å²) in [5, 5.41) is 2.13. The van der Waals surface area contributed by atoms with Crippen molar-refractivity contribution in [3.63, 3.8) is 0 Å². The molecule has 0 amide bonds. The van der Waals surface area contributed by atoms with Crippen LogP contribution in [0.3, 0.4) is 0 Å². The molecule has 0 aliphatic rings. The largest absolute Gasteiger partial charge is 0.146 e. The van der Waals surface area contributed by atoms with Gasteiger partial charge in [-0.2, -0.15) is 0 Å². The van der Waals surface area contributed by atoms with E-state index in [1.165, 1.54) is 62.7 Å². The molecule has 0 aliphatic heterocycles. The molecule has 4 heteroatoms. The number of halogens is 3. The third kappa shape index (κ3) is 6.93. The summed E-state index contributed by atoms with van der Waals surface area (Å²) in [5.41, 5.74) is 0. The molecule has 0 radical (unpaired) electrons. The fourth-order valence-electron chi connectivity index (χ4n) is 2.26. The first-order valence-corrected chi connectivity index (χ1v) is 11.0. The van der Waals surface area contributed by atoms with E-state index in [0.717, 1.165) is 0 Å². The van der Waals surface area contributed by atoms with Crippen LogP contribution < -0.4 is 0 Å². The standard InChI is InChI=1S/C16H25Br3S/c1-2-3-4-5-6-7-8-9-11-14(17)16(18,19)15-12-10-13-20-15/h10,12-14H,2-9,11H2,1H3. The zero-order valence-electron chi connectivity index (χ0n) is 12.2. The van der Waals surface area contributed by atoms with Crippen LogP contribution in [-0.2, 0) is 3.23 Å². The van der Waals surface area contributed by atoms with Crippen molar-refractivity contribution in [1.29, 1.82) is 0 Å². The van der Waals surface area contributed by atoms with Crippen molar-refractivity contribution in [3.8, 4) is 0 Å². The van der Waals surface area contributed by atoms with E-state index < -0.39 is 0 Å². The lowest BCUT2D eigenvalue weighted by atomic mass is 10.1. The van der Waals surface area contributed by atoms with Gasteiger partial charge in [0.15, 0.2) is 0 Å². The van der Waals surface area contributed by atoms with E-state index in [0.29, 0.717) is 4.83 Å². The maximum absolute atomic E-state index is 3.84. The van der Waals surface area contributed by atoms with Crippen LogP contribution in [0.15, 0.2) is 17.5 Å². The molecule has 1 rings (SSSR count). The van der Waals surface area contributed by atoms with E-state index >= 15 is 0 Å². The maximum atomic E-state index is 3.84. The Bertz CT molecular complexity index is 336. The van der Waals surface area contributed by atoms with Crippen molar-refractivity contribution in [1.82, 2.24) is 0 Å². The minimum atomic E-state index is -0.116. The fraction of sp³-hybridized carbons (Fsp3) is 0.750. The molecule has 0 saturated heterocycles. The van der Waals surface area contributed by atoms with E-state index in [1.807, 2.05) is 0 Å². The molecule has 20 heavy (non-hydrogen) atoms. The number of thiophene rings is 1. The normalized spacial score (nSPS) is 13.6. The van der Waals surface area contributed by atoms with Crippen LogP contribution in [0.4, 0.5) is 0 Å². The van der Waals surface area contributed by atoms with Gasteiger partial charge in [0, 0.05) is 9.70 Å². The number of hydrogen-bond donors (Lipinski definition) is 0. The van der Waals surface area contributed by atoms with Crippen molar-refractivity contribution >= 4 is 59.1 Å². The van der Waals surface area contributed by atoms with Crippen molar-refractivity contribution in [2.24, 2.45) is 0 Å². The molecule has 116 valence electrons. The average Bonchev–Trinajstić information content (AvgIpc) is 2.96. The average molecular weight is 489 g/mol. The van der Waals surface area contributed by atoms with E-state index in [1.54, 1.807) is 11.3 Å².